The fourth-order valence-corrected chi connectivity index (χ4v) is 6.05. The first-order valence-corrected chi connectivity index (χ1v) is 9.50. The Balaban J connectivity index is 2.06. The molecule has 2 fully saturated rings. The van der Waals surface area contributed by atoms with Crippen LogP contribution in [-0.2, 0) is 0 Å². The molecule has 0 bridgehead atoms. The lowest BCUT2D eigenvalue weighted by Crippen LogP contribution is -2.46. The fourth-order valence-electron chi connectivity index (χ4n) is 6.05. The normalized spacial score (nSPS) is 54.0. The van der Waals surface area contributed by atoms with E-state index in [0.717, 1.165) is 24.8 Å². The summed E-state index contributed by atoms with van der Waals surface area (Å²) < 4.78 is 0. The van der Waals surface area contributed by atoms with Gasteiger partial charge < -0.3 is 20.4 Å². The van der Waals surface area contributed by atoms with E-state index < -0.39 is 17.3 Å². The van der Waals surface area contributed by atoms with Crippen LogP contribution in [0.15, 0.2) is 11.6 Å². The molecule has 3 aliphatic rings. The number of aliphatic hydroxyl groups excluding tert-OH is 2. The summed E-state index contributed by atoms with van der Waals surface area (Å²) in [7, 11) is 0. The van der Waals surface area contributed by atoms with Gasteiger partial charge in [-0.05, 0) is 67.8 Å². The summed E-state index contributed by atoms with van der Waals surface area (Å²) in [6.07, 6.45) is 4.99. The monoisotopic (exact) mass is 338 g/mol. The highest BCUT2D eigenvalue weighted by Crippen LogP contribution is 2.60. The first kappa shape index (κ1) is 18.4. The molecule has 138 valence electrons. The second-order valence-electron chi connectivity index (χ2n) is 9.46. The van der Waals surface area contributed by atoms with Crippen molar-refractivity contribution < 1.29 is 20.4 Å². The molecule has 3 rings (SSSR count). The zero-order chi connectivity index (χ0) is 17.9. The fraction of sp³-hybridized carbons (Fsp3) is 0.900. The van der Waals surface area contributed by atoms with Gasteiger partial charge >= 0.3 is 0 Å². The summed E-state index contributed by atoms with van der Waals surface area (Å²) in [6.45, 7) is 8.19. The summed E-state index contributed by atoms with van der Waals surface area (Å²) in [5, 5.41) is 42.7. The lowest BCUT2D eigenvalue weighted by atomic mass is 9.63. The van der Waals surface area contributed by atoms with Gasteiger partial charge in [-0.3, -0.25) is 0 Å². The van der Waals surface area contributed by atoms with Gasteiger partial charge in [-0.1, -0.05) is 26.8 Å². The van der Waals surface area contributed by atoms with Crippen molar-refractivity contribution >= 4 is 0 Å². The highest BCUT2D eigenvalue weighted by atomic mass is 16.3. The Morgan fingerprint density at radius 1 is 1.21 bits per heavy atom. The zero-order valence-corrected chi connectivity index (χ0v) is 15.5. The minimum atomic E-state index is -1.01. The van der Waals surface area contributed by atoms with Gasteiger partial charge in [-0.2, -0.15) is 0 Å². The molecular formula is C20H34O4. The van der Waals surface area contributed by atoms with Crippen molar-refractivity contribution in [2.24, 2.45) is 29.1 Å². The van der Waals surface area contributed by atoms with Gasteiger partial charge in [-0.25, -0.2) is 0 Å². The molecule has 4 nitrogen and oxygen atoms in total. The maximum atomic E-state index is 11.3. The largest absolute Gasteiger partial charge is 0.396 e. The van der Waals surface area contributed by atoms with Crippen LogP contribution in [0, 0.1) is 29.1 Å². The second-order valence-corrected chi connectivity index (χ2v) is 9.46. The van der Waals surface area contributed by atoms with Crippen molar-refractivity contribution in [1.82, 2.24) is 0 Å². The third-order valence-corrected chi connectivity index (χ3v) is 7.51. The lowest BCUT2D eigenvalue weighted by Gasteiger charge is -2.44. The van der Waals surface area contributed by atoms with E-state index in [2.05, 4.69) is 26.8 Å². The quantitative estimate of drug-likeness (QED) is 0.582. The van der Waals surface area contributed by atoms with Crippen LogP contribution in [0.5, 0.6) is 0 Å². The van der Waals surface area contributed by atoms with Crippen molar-refractivity contribution in [2.75, 3.05) is 6.61 Å². The van der Waals surface area contributed by atoms with Gasteiger partial charge in [0.15, 0.2) is 0 Å². The molecule has 0 heterocycles. The Morgan fingerprint density at radius 2 is 1.88 bits per heavy atom. The van der Waals surface area contributed by atoms with Crippen molar-refractivity contribution in [3.8, 4) is 0 Å². The molecule has 0 unspecified atom stereocenters. The minimum absolute atomic E-state index is 0.0281. The van der Waals surface area contributed by atoms with Crippen LogP contribution >= 0.6 is 0 Å². The number of hydrogen-bond donors (Lipinski definition) is 4. The molecule has 0 aromatic heterocycles. The summed E-state index contributed by atoms with van der Waals surface area (Å²) in [5.74, 6) is 0.0363. The first-order chi connectivity index (χ1) is 11.0. The molecule has 4 N–H and O–H groups in total. The number of fused-ring (bicyclic) bond motifs is 2. The van der Waals surface area contributed by atoms with E-state index in [9.17, 15) is 20.4 Å². The van der Waals surface area contributed by atoms with Crippen LogP contribution in [0.1, 0.15) is 59.8 Å². The maximum Gasteiger partial charge on any atom is 0.0885 e. The summed E-state index contributed by atoms with van der Waals surface area (Å²) >= 11 is 0. The van der Waals surface area contributed by atoms with Gasteiger partial charge in [0.2, 0.25) is 0 Å². The molecule has 0 aromatic carbocycles. The first-order valence-electron chi connectivity index (χ1n) is 9.50. The Labute approximate surface area is 145 Å². The third kappa shape index (κ3) is 2.57. The van der Waals surface area contributed by atoms with Crippen molar-refractivity contribution in [3.05, 3.63) is 11.6 Å². The average Bonchev–Trinajstić information content (AvgIpc) is 2.92. The van der Waals surface area contributed by atoms with E-state index in [4.69, 9.17) is 0 Å². The van der Waals surface area contributed by atoms with E-state index in [-0.39, 0.29) is 35.7 Å². The van der Waals surface area contributed by atoms with E-state index in [1.54, 1.807) is 6.92 Å². The van der Waals surface area contributed by atoms with Gasteiger partial charge in [0, 0.05) is 12.5 Å². The van der Waals surface area contributed by atoms with Crippen molar-refractivity contribution in [1.29, 1.82) is 0 Å². The average molecular weight is 338 g/mol. The van der Waals surface area contributed by atoms with E-state index in [0.29, 0.717) is 12.8 Å². The predicted octanol–water partition coefficient (Wildman–Crippen LogP) is 2.25. The van der Waals surface area contributed by atoms with Crippen LogP contribution < -0.4 is 0 Å². The molecule has 0 radical (unpaired) electrons. The number of hydrogen-bond acceptors (Lipinski definition) is 4. The minimum Gasteiger partial charge on any atom is -0.396 e. The molecule has 24 heavy (non-hydrogen) atoms. The second kappa shape index (κ2) is 5.80. The molecule has 7 atom stereocenters. The smallest absolute Gasteiger partial charge is 0.0885 e. The predicted molar refractivity (Wildman–Crippen MR) is 93.2 cm³/mol. The highest BCUT2D eigenvalue weighted by Gasteiger charge is 2.58. The Hall–Kier alpha value is -0.420. The van der Waals surface area contributed by atoms with Crippen LogP contribution in [0.2, 0.25) is 0 Å². The van der Waals surface area contributed by atoms with Crippen LogP contribution in [0.25, 0.3) is 0 Å². The Bertz CT molecular complexity index is 526. The molecule has 3 aliphatic carbocycles. The van der Waals surface area contributed by atoms with Crippen LogP contribution in [0.4, 0.5) is 0 Å². The van der Waals surface area contributed by atoms with E-state index in [1.165, 1.54) is 0 Å². The molecule has 0 saturated heterocycles. The molecule has 0 aliphatic heterocycles. The van der Waals surface area contributed by atoms with Gasteiger partial charge in [-0.15, -0.1) is 0 Å². The lowest BCUT2D eigenvalue weighted by molar-refractivity contribution is -0.0720. The van der Waals surface area contributed by atoms with Crippen molar-refractivity contribution in [3.63, 3.8) is 0 Å². The zero-order valence-electron chi connectivity index (χ0n) is 15.5. The summed E-state index contributed by atoms with van der Waals surface area (Å²) in [6, 6.07) is 0. The van der Waals surface area contributed by atoms with Gasteiger partial charge in [0.05, 0.1) is 17.3 Å². The highest BCUT2D eigenvalue weighted by molar-refractivity contribution is 5.32. The van der Waals surface area contributed by atoms with Gasteiger partial charge in [0.1, 0.15) is 0 Å². The van der Waals surface area contributed by atoms with Crippen LogP contribution in [-0.4, -0.2) is 44.3 Å². The standard InChI is InChI=1S/C20H34O4/c1-12(2)20(24)8-7-18(3)10-14-13(11-21)9-15(22)17(14)19(4,23)6-5-16(18)20/h5,12-15,17,21-24H,6-11H2,1-4H3/b16-5+/t13-,14+,15+,17-,18+,19-,20-/m0/s1. The topological polar surface area (TPSA) is 80.9 Å². The van der Waals surface area contributed by atoms with E-state index >= 15 is 0 Å². The van der Waals surface area contributed by atoms with Crippen molar-refractivity contribution in [2.45, 2.75) is 77.1 Å². The number of aliphatic hydroxyl groups is 4. The maximum absolute atomic E-state index is 11.3. The molecule has 0 spiro atoms. The Morgan fingerprint density at radius 3 is 2.46 bits per heavy atom. The third-order valence-electron chi connectivity index (χ3n) is 7.51. The molecule has 2 saturated carbocycles. The number of rotatable bonds is 2. The SMILES string of the molecule is CC(C)[C@@]1(O)CC[C@]2(C)C[C@@H]3[C@H](CO)C[C@@H](O)[C@H]3[C@@](C)(O)C/C=C\21. The molecule has 0 aromatic rings. The summed E-state index contributed by atoms with van der Waals surface area (Å²) in [4.78, 5) is 0. The molecular weight excluding hydrogens is 304 g/mol. The molecule has 0 amide bonds. The summed E-state index contributed by atoms with van der Waals surface area (Å²) in [5.41, 5.74) is -0.857. The Kier molecular flexibility index (Phi) is 4.44. The van der Waals surface area contributed by atoms with E-state index in [1.807, 2.05) is 0 Å². The van der Waals surface area contributed by atoms with Crippen LogP contribution in [0.3, 0.4) is 0 Å². The van der Waals surface area contributed by atoms with Gasteiger partial charge in [0.25, 0.3) is 0 Å². The molecule has 4 heteroatoms.